The highest BCUT2D eigenvalue weighted by Crippen LogP contribution is 2.36. The molecule has 0 fully saturated rings. The van der Waals surface area contributed by atoms with Gasteiger partial charge in [-0.3, -0.25) is 0 Å². The van der Waals surface area contributed by atoms with Crippen LogP contribution < -0.4 is 20.7 Å². The van der Waals surface area contributed by atoms with Crippen molar-refractivity contribution < 1.29 is 48.9 Å². The molecule has 2 heterocycles. The fraction of sp³-hybridized carbons (Fsp3) is 0.0588. The Hall–Kier alpha value is -6.56. The molecule has 0 saturated heterocycles. The summed E-state index contributed by atoms with van der Waals surface area (Å²) < 4.78 is 21.9. The fourth-order valence-electron chi connectivity index (χ4n) is 4.12. The summed E-state index contributed by atoms with van der Waals surface area (Å²) in [5.74, 6) is -2.66. The van der Waals surface area contributed by atoms with Crippen molar-refractivity contribution in [3.8, 4) is 51.7 Å². The van der Waals surface area contributed by atoms with E-state index in [9.17, 15) is 40.2 Å². The zero-order valence-corrected chi connectivity index (χ0v) is 24.0. The van der Waals surface area contributed by atoms with E-state index in [1.807, 2.05) is 0 Å². The summed E-state index contributed by atoms with van der Waals surface area (Å²) in [6.07, 6.45) is 5.75. The largest absolute Gasteiger partial charge is 0.507 e. The third-order valence-corrected chi connectivity index (χ3v) is 6.51. The smallest absolute Gasteiger partial charge is 0.383 e. The van der Waals surface area contributed by atoms with Gasteiger partial charge in [0.25, 0.3) is 5.75 Å². The van der Waals surface area contributed by atoms with E-state index in [2.05, 4.69) is 0 Å². The van der Waals surface area contributed by atoms with Crippen LogP contribution >= 0.6 is 0 Å². The van der Waals surface area contributed by atoms with Crippen molar-refractivity contribution in [1.29, 1.82) is 0 Å². The molecule has 0 saturated carbocycles. The van der Waals surface area contributed by atoms with Crippen LogP contribution in [0.15, 0.2) is 85.2 Å². The Labute approximate surface area is 259 Å². The molecule has 0 bridgehead atoms. The number of phenols is 4. The molecule has 5 aromatic rings. The summed E-state index contributed by atoms with van der Waals surface area (Å²) in [6.45, 7) is 1.31. The Morgan fingerprint density at radius 1 is 0.587 bits per heavy atom. The second-order valence-corrected chi connectivity index (χ2v) is 9.95. The Morgan fingerprint density at radius 3 is 1.70 bits per heavy atom. The van der Waals surface area contributed by atoms with Crippen molar-refractivity contribution in [3.05, 3.63) is 121 Å². The predicted molar refractivity (Wildman–Crippen MR) is 166 cm³/mol. The van der Waals surface area contributed by atoms with Crippen LogP contribution in [0.2, 0.25) is 0 Å². The maximum absolute atomic E-state index is 12.7. The lowest BCUT2D eigenvalue weighted by Gasteiger charge is -2.13. The number of aryl methyl sites for hydroxylation is 1. The summed E-state index contributed by atoms with van der Waals surface area (Å²) >= 11 is 0. The molecule has 0 aliphatic heterocycles. The number of ether oxygens (including phenoxy) is 2. The summed E-state index contributed by atoms with van der Waals surface area (Å²) in [6, 6.07) is 15.3. The monoisotopic (exact) mass is 626 g/mol. The molecule has 0 aliphatic carbocycles. The average molecular weight is 627 g/mol. The first-order chi connectivity index (χ1) is 22.0. The highest BCUT2D eigenvalue weighted by molar-refractivity contribution is 5.70. The molecule has 0 spiro atoms. The summed E-state index contributed by atoms with van der Waals surface area (Å²) in [5.41, 5.74) is -0.397. The molecular weight excluding hydrogens is 600 g/mol. The second kappa shape index (κ2) is 13.0. The van der Waals surface area contributed by atoms with Crippen molar-refractivity contribution in [2.45, 2.75) is 13.5 Å². The zero-order chi connectivity index (χ0) is 33.0. The molecule has 0 amide bonds. The molecule has 2 aromatic heterocycles. The molecule has 0 radical (unpaired) electrons. The Bertz CT molecular complexity index is 2100. The second-order valence-electron chi connectivity index (χ2n) is 9.95. The van der Waals surface area contributed by atoms with E-state index in [1.54, 1.807) is 13.0 Å². The summed E-state index contributed by atoms with van der Waals surface area (Å²) in [5, 5.41) is 59.3. The van der Waals surface area contributed by atoms with Crippen LogP contribution in [0, 0.1) is 6.92 Å². The van der Waals surface area contributed by atoms with Gasteiger partial charge in [0.2, 0.25) is 0 Å². The Morgan fingerprint density at radius 2 is 1.15 bits per heavy atom. The van der Waals surface area contributed by atoms with Crippen LogP contribution in [0.25, 0.3) is 24.3 Å². The van der Waals surface area contributed by atoms with Gasteiger partial charge in [0.05, 0.1) is 0 Å². The van der Waals surface area contributed by atoms with Crippen LogP contribution in [-0.4, -0.2) is 30.6 Å². The number of rotatable bonds is 9. The molecule has 0 aliphatic rings. The Balaban J connectivity index is 1.33. The van der Waals surface area contributed by atoms with Crippen LogP contribution in [-0.2, 0) is 6.61 Å². The summed E-state index contributed by atoms with van der Waals surface area (Å²) in [4.78, 5) is 25.4. The quantitative estimate of drug-likeness (QED) is 0.107. The van der Waals surface area contributed by atoms with Crippen LogP contribution in [0.5, 0.6) is 51.7 Å². The Kier molecular flexibility index (Phi) is 8.71. The molecular formula is C34H26O12. The maximum atomic E-state index is 12.7. The van der Waals surface area contributed by atoms with Gasteiger partial charge >= 0.3 is 11.3 Å². The third kappa shape index (κ3) is 7.14. The fourth-order valence-corrected chi connectivity index (χ4v) is 4.12. The average Bonchev–Trinajstić information content (AvgIpc) is 3.00. The standard InChI is InChI=1S/C34H26O12/c1-18-2-11-30(43-17-23-26(37)15-21(44-33(23)41)7-3-19-5-9-24(35)27(38)13-19)31(12-18)46-32-29(40)16-22(45-34(32)42)8-4-20-6-10-25(36)28(39)14-20/h2-16,35-40H,17H2,1H3. The van der Waals surface area contributed by atoms with E-state index in [0.29, 0.717) is 16.7 Å². The lowest BCUT2D eigenvalue weighted by atomic mass is 10.1. The normalized spacial score (nSPS) is 11.3. The van der Waals surface area contributed by atoms with Crippen LogP contribution in [0.3, 0.4) is 0 Å². The number of hydrogen-bond acceptors (Lipinski definition) is 12. The lowest BCUT2D eigenvalue weighted by molar-refractivity contribution is 0.274. The minimum absolute atomic E-state index is 0.00559. The van der Waals surface area contributed by atoms with Gasteiger partial charge in [-0.2, -0.15) is 0 Å². The first-order valence-corrected chi connectivity index (χ1v) is 13.5. The van der Waals surface area contributed by atoms with E-state index in [0.717, 1.165) is 6.07 Å². The minimum Gasteiger partial charge on any atom is -0.507 e. The highest BCUT2D eigenvalue weighted by Gasteiger charge is 2.18. The molecule has 0 atom stereocenters. The molecule has 46 heavy (non-hydrogen) atoms. The first kappa shape index (κ1) is 30.9. The van der Waals surface area contributed by atoms with E-state index in [4.69, 9.17) is 18.3 Å². The lowest BCUT2D eigenvalue weighted by Crippen LogP contribution is -2.12. The third-order valence-electron chi connectivity index (χ3n) is 6.51. The van der Waals surface area contributed by atoms with E-state index in [1.165, 1.54) is 78.9 Å². The van der Waals surface area contributed by atoms with Gasteiger partial charge in [0, 0.05) is 12.1 Å². The predicted octanol–water partition coefficient (Wildman–Crippen LogP) is 5.85. The van der Waals surface area contributed by atoms with Crippen molar-refractivity contribution in [3.63, 3.8) is 0 Å². The number of aromatic hydroxyl groups is 6. The zero-order valence-electron chi connectivity index (χ0n) is 24.0. The first-order valence-electron chi connectivity index (χ1n) is 13.5. The molecule has 12 heteroatoms. The van der Waals surface area contributed by atoms with Gasteiger partial charge in [-0.05, 0) is 72.2 Å². The molecule has 5 rings (SSSR count). The highest BCUT2D eigenvalue weighted by atomic mass is 16.5. The number of benzene rings is 3. The van der Waals surface area contributed by atoms with E-state index >= 15 is 0 Å². The van der Waals surface area contributed by atoms with Crippen molar-refractivity contribution in [1.82, 2.24) is 0 Å². The van der Waals surface area contributed by atoms with Crippen LogP contribution in [0.1, 0.15) is 33.8 Å². The summed E-state index contributed by atoms with van der Waals surface area (Å²) in [7, 11) is 0. The maximum Gasteiger partial charge on any atom is 0.383 e. The van der Waals surface area contributed by atoms with Gasteiger partial charge < -0.3 is 48.9 Å². The van der Waals surface area contributed by atoms with Gasteiger partial charge in [0.15, 0.2) is 40.2 Å². The van der Waals surface area contributed by atoms with Gasteiger partial charge in [-0.15, -0.1) is 0 Å². The minimum atomic E-state index is -1.01. The van der Waals surface area contributed by atoms with Crippen molar-refractivity contribution in [2.24, 2.45) is 0 Å². The van der Waals surface area contributed by atoms with E-state index in [-0.39, 0.29) is 51.6 Å². The van der Waals surface area contributed by atoms with E-state index < -0.39 is 35.1 Å². The SMILES string of the molecule is Cc1ccc(OCc2c(O)cc(C=Cc3ccc(O)c(O)c3)oc2=O)c(Oc2c(O)cc(C=Cc3ccc(O)c(O)c3)oc2=O)c1. The van der Waals surface area contributed by atoms with Gasteiger partial charge in [0.1, 0.15) is 29.4 Å². The van der Waals surface area contributed by atoms with Crippen LogP contribution in [0.4, 0.5) is 0 Å². The van der Waals surface area contributed by atoms with Crippen molar-refractivity contribution >= 4 is 24.3 Å². The molecule has 12 nitrogen and oxygen atoms in total. The molecule has 3 aromatic carbocycles. The van der Waals surface area contributed by atoms with Gasteiger partial charge in [-0.25, -0.2) is 9.59 Å². The number of hydrogen-bond donors (Lipinski definition) is 6. The molecule has 6 N–H and O–H groups in total. The topological polar surface area (TPSA) is 200 Å². The van der Waals surface area contributed by atoms with Crippen molar-refractivity contribution in [2.75, 3.05) is 0 Å². The number of phenolic OH excluding ortho intramolecular Hbond substituents is 4. The molecule has 234 valence electrons. The van der Waals surface area contributed by atoms with Gasteiger partial charge in [-0.1, -0.05) is 30.4 Å². The molecule has 0 unspecified atom stereocenters.